The van der Waals surface area contributed by atoms with Crippen molar-refractivity contribution in [3.8, 4) is 0 Å². The second-order valence-corrected chi connectivity index (χ2v) is 16.5. The van der Waals surface area contributed by atoms with Crippen LogP contribution in [0.2, 0.25) is 0 Å². The van der Waals surface area contributed by atoms with Crippen molar-refractivity contribution < 1.29 is 0 Å². The molecule has 378 valence electrons. The summed E-state index contributed by atoms with van der Waals surface area (Å²) in [5, 5.41) is 0. The van der Waals surface area contributed by atoms with Gasteiger partial charge in [-0.15, -0.1) is 0 Å². The van der Waals surface area contributed by atoms with E-state index in [1.165, 1.54) is 23.0 Å². The predicted octanol–water partition coefficient (Wildman–Crippen LogP) is 11.7. The summed E-state index contributed by atoms with van der Waals surface area (Å²) >= 11 is 0. The molecule has 15 nitrogen and oxygen atoms in total. The maximum Gasteiger partial charge on any atom is 0.129 e. The van der Waals surface area contributed by atoms with Crippen LogP contribution in [0.5, 0.6) is 0 Å². The van der Waals surface area contributed by atoms with Crippen LogP contribution in [0.25, 0.3) is 0 Å². The van der Waals surface area contributed by atoms with E-state index in [1.54, 1.807) is 31.0 Å². The Balaban J connectivity index is 0.000000405. The lowest BCUT2D eigenvalue weighted by Crippen LogP contribution is -1.91. The van der Waals surface area contributed by atoms with Gasteiger partial charge >= 0.3 is 0 Å². The second kappa shape index (κ2) is 36.0. The van der Waals surface area contributed by atoms with Gasteiger partial charge in [0.2, 0.25) is 0 Å². The molecule has 0 N–H and O–H groups in total. The van der Waals surface area contributed by atoms with E-state index in [0.29, 0.717) is 0 Å². The van der Waals surface area contributed by atoms with Crippen molar-refractivity contribution in [1.29, 1.82) is 0 Å². The number of pyridine rings is 4. The molecule has 9 aromatic rings. The van der Waals surface area contributed by atoms with Gasteiger partial charge in [-0.3, -0.25) is 39.9 Å². The van der Waals surface area contributed by atoms with Gasteiger partial charge in [0.15, 0.2) is 0 Å². The normalized spacial score (nSPS) is 9.25. The standard InChI is InChI=1S/4C7H9N.4C6H8N2.C5H7N3/c1-6-3-4-8-7(2)5-6;1-6-3-4-7(2)8-5-6;1-6-4-3-5-8-7(6)2;1-6-4-3-5-7(2)8-6;1-5-3-8-6(2)4-7-5;1-5-3-7-4-6(2)8-5;1-5-3-7-6(2)8-4-5;1-5-3-4-7-6(2)8-5;1-4-6-3-7-5(2)8-4/h4*3-5H,1-2H3;4*3-4H,1-2H3;3H,1-2H3. The summed E-state index contributed by atoms with van der Waals surface area (Å²) in [4.78, 5) is 59.9. The van der Waals surface area contributed by atoms with E-state index in [-0.39, 0.29) is 0 Å². The summed E-state index contributed by atoms with van der Waals surface area (Å²) in [5.74, 6) is 3.22. The fourth-order valence-corrected chi connectivity index (χ4v) is 5.04. The van der Waals surface area contributed by atoms with Gasteiger partial charge in [0.1, 0.15) is 29.6 Å². The Kier molecular flexibility index (Phi) is 30.9. The summed E-state index contributed by atoms with van der Waals surface area (Å²) in [5.41, 5.74) is 15.2. The molecule has 0 aliphatic rings. The molecule has 9 heterocycles. The Hall–Kier alpha value is -8.07. The Morgan fingerprint density at radius 1 is 0.264 bits per heavy atom. The molecule has 9 aromatic heterocycles. The fraction of sp³-hybridized carbons (Fsp3) is 0.316. The first-order valence-corrected chi connectivity index (χ1v) is 23.3. The number of hydrogen-bond donors (Lipinski definition) is 0. The average Bonchev–Trinajstić information content (AvgIpc) is 3.32. The van der Waals surface area contributed by atoms with Gasteiger partial charge < -0.3 is 0 Å². The lowest BCUT2D eigenvalue weighted by atomic mass is 10.2. The molecule has 0 radical (unpaired) electrons. The zero-order valence-electron chi connectivity index (χ0n) is 45.8. The van der Waals surface area contributed by atoms with Gasteiger partial charge in [0.05, 0.1) is 22.8 Å². The van der Waals surface area contributed by atoms with E-state index in [1.807, 2.05) is 184 Å². The fourth-order valence-electron chi connectivity index (χ4n) is 5.04. The van der Waals surface area contributed by atoms with E-state index in [4.69, 9.17) is 0 Å². The predicted molar refractivity (Wildman–Crippen MR) is 290 cm³/mol. The largest absolute Gasteiger partial charge is 0.262 e. The van der Waals surface area contributed by atoms with Gasteiger partial charge in [-0.05, 0) is 189 Å². The summed E-state index contributed by atoms with van der Waals surface area (Å²) < 4.78 is 0. The van der Waals surface area contributed by atoms with Crippen molar-refractivity contribution in [2.45, 2.75) is 125 Å². The maximum atomic E-state index is 4.17. The van der Waals surface area contributed by atoms with E-state index in [2.05, 4.69) is 107 Å². The first-order chi connectivity index (χ1) is 34.1. The minimum atomic E-state index is 0.775. The molecule has 0 aliphatic heterocycles. The maximum absolute atomic E-state index is 4.17. The van der Waals surface area contributed by atoms with Gasteiger partial charge in [-0.25, -0.2) is 34.9 Å². The molecule has 0 aromatic carbocycles. The molecule has 72 heavy (non-hydrogen) atoms. The van der Waals surface area contributed by atoms with Crippen molar-refractivity contribution in [3.63, 3.8) is 0 Å². The van der Waals surface area contributed by atoms with Gasteiger partial charge in [-0.2, -0.15) is 0 Å². The molecule has 0 saturated heterocycles. The highest BCUT2D eigenvalue weighted by atomic mass is 15.0. The Morgan fingerprint density at radius 2 is 0.778 bits per heavy atom. The number of rotatable bonds is 0. The average molecular weight is 970 g/mol. The van der Waals surface area contributed by atoms with E-state index >= 15 is 0 Å². The van der Waals surface area contributed by atoms with Crippen LogP contribution in [0.3, 0.4) is 0 Å². The quantitative estimate of drug-likeness (QED) is 0.139. The summed E-state index contributed by atoms with van der Waals surface area (Å²) in [6.45, 7) is 35.2. The molecule has 0 unspecified atom stereocenters. The van der Waals surface area contributed by atoms with Crippen LogP contribution in [-0.4, -0.2) is 74.8 Å². The molecule has 9 rings (SSSR count). The van der Waals surface area contributed by atoms with Crippen LogP contribution in [0.1, 0.15) is 102 Å². The summed E-state index contributed by atoms with van der Waals surface area (Å²) in [6.07, 6.45) is 19.4. The highest BCUT2D eigenvalue weighted by Crippen LogP contribution is 2.00. The monoisotopic (exact) mass is 970 g/mol. The van der Waals surface area contributed by atoms with Crippen molar-refractivity contribution in [3.05, 3.63) is 231 Å². The number of aromatic nitrogens is 15. The molecule has 0 fully saturated rings. The molecule has 0 saturated carbocycles. The molecule has 15 heteroatoms. The van der Waals surface area contributed by atoms with E-state index < -0.39 is 0 Å². The molecule has 0 amide bonds. The SMILES string of the molecule is Cc1ccc(C)nc1.Cc1cccc(C)n1.Cc1cccnc1C.Cc1ccnc(C)c1.Cc1ccnc(C)n1.Cc1cnc(C)cn1.Cc1cnc(C)nc1.Cc1cncc(C)n1.Cc1ncnc(C)n1. The minimum absolute atomic E-state index is 0.775. The molecule has 0 aliphatic carbocycles. The van der Waals surface area contributed by atoms with Crippen molar-refractivity contribution in [2.75, 3.05) is 0 Å². The Morgan fingerprint density at radius 3 is 1.10 bits per heavy atom. The molecule has 0 bridgehead atoms. The summed E-state index contributed by atoms with van der Waals surface area (Å²) in [7, 11) is 0. The zero-order valence-corrected chi connectivity index (χ0v) is 45.8. The van der Waals surface area contributed by atoms with Crippen molar-refractivity contribution in [2.24, 2.45) is 0 Å². The Bertz CT molecular complexity index is 2310. The number of nitrogens with zero attached hydrogens (tertiary/aromatic N) is 15. The first-order valence-electron chi connectivity index (χ1n) is 23.3. The Labute approximate surface area is 429 Å². The van der Waals surface area contributed by atoms with Crippen LogP contribution in [-0.2, 0) is 0 Å². The van der Waals surface area contributed by atoms with Gasteiger partial charge in [0.25, 0.3) is 0 Å². The second-order valence-electron chi connectivity index (χ2n) is 16.5. The van der Waals surface area contributed by atoms with E-state index in [0.717, 1.165) is 85.8 Å². The van der Waals surface area contributed by atoms with Crippen LogP contribution in [0.15, 0.2) is 129 Å². The number of hydrogen-bond acceptors (Lipinski definition) is 15. The van der Waals surface area contributed by atoms with Gasteiger partial charge in [-0.1, -0.05) is 18.2 Å². The third-order valence-electron chi connectivity index (χ3n) is 8.83. The lowest BCUT2D eigenvalue weighted by Gasteiger charge is -1.92. The molecule has 0 spiro atoms. The zero-order chi connectivity index (χ0) is 53.8. The lowest BCUT2D eigenvalue weighted by molar-refractivity contribution is 0.920. The molecular formula is C57H75N15. The third kappa shape index (κ3) is 33.4. The topological polar surface area (TPSA) is 193 Å². The minimum Gasteiger partial charge on any atom is -0.262 e. The highest BCUT2D eigenvalue weighted by Gasteiger charge is 1.89. The van der Waals surface area contributed by atoms with Crippen LogP contribution in [0.4, 0.5) is 0 Å². The van der Waals surface area contributed by atoms with Crippen LogP contribution < -0.4 is 0 Å². The third-order valence-corrected chi connectivity index (χ3v) is 8.83. The smallest absolute Gasteiger partial charge is 0.129 e. The van der Waals surface area contributed by atoms with E-state index in [9.17, 15) is 0 Å². The summed E-state index contributed by atoms with van der Waals surface area (Å²) in [6, 6.07) is 20.0. The first kappa shape index (κ1) is 61.9. The van der Waals surface area contributed by atoms with Crippen LogP contribution in [0, 0.1) is 125 Å². The van der Waals surface area contributed by atoms with Crippen LogP contribution >= 0.6 is 0 Å². The van der Waals surface area contributed by atoms with Crippen molar-refractivity contribution >= 4 is 0 Å². The molecular weight excluding hydrogens is 895 g/mol. The number of aryl methyl sites for hydroxylation is 18. The van der Waals surface area contributed by atoms with Crippen molar-refractivity contribution in [1.82, 2.24) is 74.8 Å². The molecule has 0 atom stereocenters. The van der Waals surface area contributed by atoms with Gasteiger partial charge in [0, 0.05) is 96.1 Å². The highest BCUT2D eigenvalue weighted by molar-refractivity contribution is 5.15.